The molecule has 0 radical (unpaired) electrons. The minimum atomic E-state index is -0.550. The minimum Gasteiger partial charge on any atom is -0.490 e. The lowest BCUT2D eigenvalue weighted by Gasteiger charge is -2.42. The van der Waals surface area contributed by atoms with Crippen LogP contribution in [0.2, 0.25) is 0 Å². The Morgan fingerprint density at radius 2 is 1.67 bits per heavy atom. The summed E-state index contributed by atoms with van der Waals surface area (Å²) in [4.78, 5) is 25.9. The fraction of sp³-hybridized carbons (Fsp3) is 0.559. The van der Waals surface area contributed by atoms with E-state index in [9.17, 15) is 14.9 Å². The van der Waals surface area contributed by atoms with Gasteiger partial charge in [0, 0.05) is 42.7 Å². The lowest BCUT2D eigenvalue weighted by Crippen LogP contribution is -2.45. The molecule has 6 rings (SSSR count). The third-order valence-corrected chi connectivity index (χ3v) is 9.50. The van der Waals surface area contributed by atoms with Crippen LogP contribution in [0.4, 0.5) is 10.5 Å². The third-order valence-electron chi connectivity index (χ3n) is 9.50. The van der Waals surface area contributed by atoms with E-state index >= 15 is 0 Å². The number of nitro benzene ring substituents is 1. The molecule has 1 saturated carbocycles. The molecule has 3 aliphatic rings. The van der Waals surface area contributed by atoms with Gasteiger partial charge in [-0.15, -0.1) is 10.2 Å². The van der Waals surface area contributed by atoms with Gasteiger partial charge in [0.15, 0.2) is 0 Å². The predicted molar refractivity (Wildman–Crippen MR) is 169 cm³/mol. The summed E-state index contributed by atoms with van der Waals surface area (Å²) in [5.41, 5.74) is 0.601. The van der Waals surface area contributed by atoms with E-state index < -0.39 is 10.5 Å². The molecular weight excluding hydrogens is 572 g/mol. The van der Waals surface area contributed by atoms with E-state index in [4.69, 9.17) is 9.47 Å². The van der Waals surface area contributed by atoms with E-state index in [1.807, 2.05) is 39.0 Å². The number of nitro groups is 1. The smallest absolute Gasteiger partial charge is 0.408 e. The molecule has 3 fully saturated rings. The number of ether oxygens (including phenoxy) is 2. The van der Waals surface area contributed by atoms with Crippen molar-refractivity contribution in [2.45, 2.75) is 114 Å². The average molecular weight is 617 g/mol. The summed E-state index contributed by atoms with van der Waals surface area (Å²) in [7, 11) is 0. The molecule has 2 aromatic carbocycles. The summed E-state index contributed by atoms with van der Waals surface area (Å²) in [5.74, 6) is 2.96. The first kappa shape index (κ1) is 31.0. The highest BCUT2D eigenvalue weighted by atomic mass is 16.6. The van der Waals surface area contributed by atoms with E-state index in [0.29, 0.717) is 23.9 Å². The second kappa shape index (κ2) is 12.8. The van der Waals surface area contributed by atoms with Crippen LogP contribution in [0.15, 0.2) is 54.6 Å². The zero-order valence-electron chi connectivity index (χ0n) is 26.6. The van der Waals surface area contributed by atoms with Gasteiger partial charge < -0.3 is 19.4 Å². The van der Waals surface area contributed by atoms with E-state index in [2.05, 4.69) is 44.0 Å². The van der Waals surface area contributed by atoms with Gasteiger partial charge in [0.05, 0.1) is 11.0 Å². The van der Waals surface area contributed by atoms with Crippen LogP contribution in [0.25, 0.3) is 0 Å². The van der Waals surface area contributed by atoms with E-state index in [-0.39, 0.29) is 29.8 Å². The Morgan fingerprint density at radius 1 is 1.00 bits per heavy atom. The lowest BCUT2D eigenvalue weighted by atomic mass is 9.81. The number of nitrogens with zero attached hydrogens (tertiary/aromatic N) is 5. The average Bonchev–Trinajstić information content (AvgIpc) is 3.46. The molecule has 3 atom stereocenters. The molecule has 45 heavy (non-hydrogen) atoms. The Hall–Kier alpha value is -3.99. The van der Waals surface area contributed by atoms with Crippen LogP contribution in [-0.2, 0) is 4.74 Å². The second-order valence-corrected chi connectivity index (χ2v) is 13.8. The first-order valence-corrected chi connectivity index (χ1v) is 16.2. The molecule has 1 aliphatic carbocycles. The Labute approximate surface area is 264 Å². The number of nitrogens with one attached hydrogen (secondary N) is 1. The number of alkyl carbamates (subject to hydrolysis) is 1. The second-order valence-electron chi connectivity index (χ2n) is 13.8. The van der Waals surface area contributed by atoms with Gasteiger partial charge >= 0.3 is 6.09 Å². The molecule has 11 heteroatoms. The molecule has 0 spiro atoms. The van der Waals surface area contributed by atoms with Gasteiger partial charge in [-0.05, 0) is 90.3 Å². The first-order valence-electron chi connectivity index (χ1n) is 16.2. The normalized spacial score (nSPS) is 25.3. The van der Waals surface area contributed by atoms with Crippen LogP contribution in [0.1, 0.15) is 101 Å². The van der Waals surface area contributed by atoms with Gasteiger partial charge in [0.1, 0.15) is 29.1 Å². The first-order chi connectivity index (χ1) is 21.5. The van der Waals surface area contributed by atoms with E-state index in [1.165, 1.54) is 25.0 Å². The van der Waals surface area contributed by atoms with Gasteiger partial charge in [0.2, 0.25) is 0 Å². The van der Waals surface area contributed by atoms with Gasteiger partial charge in [-0.3, -0.25) is 15.0 Å². The molecule has 1 N–H and O–H groups in total. The van der Waals surface area contributed by atoms with Crippen molar-refractivity contribution in [3.63, 3.8) is 0 Å². The number of aromatic nitrogens is 3. The standard InChI is InChI=1S/C34H44N6O5/c1-22-36-37-32(24-18-30(19-24)44-29-14-12-25(13-15-29)40(42)43)39(22)28-20-26-10-11-27(21-28)38(26)17-16-31(23-8-6-5-7-9-23)35-33(41)45-34(2,3)4/h5-9,12-15,24,26-28,30-31H,10-11,16-21H2,1-4H3,(H,35,41)/t24?,26?,27?,28?,30?,31-/m0/s1. The maximum Gasteiger partial charge on any atom is 0.408 e. The Kier molecular flexibility index (Phi) is 8.81. The summed E-state index contributed by atoms with van der Waals surface area (Å²) >= 11 is 0. The van der Waals surface area contributed by atoms with Crippen molar-refractivity contribution in [1.82, 2.24) is 25.0 Å². The van der Waals surface area contributed by atoms with Crippen LogP contribution in [0.5, 0.6) is 5.75 Å². The predicted octanol–water partition coefficient (Wildman–Crippen LogP) is 6.64. The molecule has 3 aromatic rings. The van der Waals surface area contributed by atoms with Gasteiger partial charge in [-0.25, -0.2) is 4.79 Å². The highest BCUT2D eigenvalue weighted by molar-refractivity contribution is 5.68. The van der Waals surface area contributed by atoms with Crippen molar-refractivity contribution in [3.8, 4) is 5.75 Å². The fourth-order valence-electron chi connectivity index (χ4n) is 7.38. The molecular formula is C34H44N6O5. The number of carbonyl (C=O) groups excluding carboxylic acids is 1. The number of non-ortho nitro benzene ring substituents is 1. The van der Waals surface area contributed by atoms with E-state index in [0.717, 1.165) is 55.9 Å². The third kappa shape index (κ3) is 7.13. The van der Waals surface area contributed by atoms with Crippen LogP contribution >= 0.6 is 0 Å². The van der Waals surface area contributed by atoms with Crippen LogP contribution in [0, 0.1) is 17.0 Å². The van der Waals surface area contributed by atoms with Crippen LogP contribution < -0.4 is 10.1 Å². The summed E-state index contributed by atoms with van der Waals surface area (Å²) in [6.45, 7) is 8.62. The summed E-state index contributed by atoms with van der Waals surface area (Å²) < 4.78 is 14.1. The van der Waals surface area contributed by atoms with Gasteiger partial charge in [0.25, 0.3) is 5.69 Å². The molecule has 2 aliphatic heterocycles. The zero-order chi connectivity index (χ0) is 31.7. The summed E-state index contributed by atoms with van der Waals surface area (Å²) in [6, 6.07) is 17.7. The van der Waals surface area contributed by atoms with Gasteiger partial charge in [-0.1, -0.05) is 30.3 Å². The molecule has 3 heterocycles. The molecule has 2 bridgehead atoms. The number of fused-ring (bicyclic) bond motifs is 2. The van der Waals surface area contributed by atoms with E-state index in [1.54, 1.807) is 12.1 Å². The van der Waals surface area contributed by atoms with Crippen LogP contribution in [0.3, 0.4) is 0 Å². The van der Waals surface area contributed by atoms with Crippen LogP contribution in [-0.4, -0.2) is 61.0 Å². The SMILES string of the molecule is Cc1nnc(C2CC(Oc3ccc([N+](=O)[O-])cc3)C2)n1C1CC2CCC(C1)N2CC[C@H](NC(=O)OC(C)(C)C)c1ccccc1. The zero-order valence-corrected chi connectivity index (χ0v) is 26.6. The number of piperidine rings is 1. The van der Waals surface area contributed by atoms with Gasteiger partial charge in [-0.2, -0.15) is 0 Å². The number of rotatable bonds is 10. The number of amides is 1. The van der Waals surface area contributed by atoms with Crippen molar-refractivity contribution in [2.75, 3.05) is 6.54 Å². The fourth-order valence-corrected chi connectivity index (χ4v) is 7.38. The molecule has 2 unspecified atom stereocenters. The Balaban J connectivity index is 1.06. The maximum atomic E-state index is 12.7. The lowest BCUT2D eigenvalue weighted by molar-refractivity contribution is -0.384. The van der Waals surface area contributed by atoms with Crippen molar-refractivity contribution in [2.24, 2.45) is 0 Å². The van der Waals surface area contributed by atoms with Crippen molar-refractivity contribution >= 4 is 11.8 Å². The Morgan fingerprint density at radius 3 is 2.29 bits per heavy atom. The topological polar surface area (TPSA) is 125 Å². The summed E-state index contributed by atoms with van der Waals surface area (Å²) in [5, 5.41) is 23.2. The number of aryl methyl sites for hydroxylation is 1. The molecule has 11 nitrogen and oxygen atoms in total. The number of benzene rings is 2. The number of carbonyl (C=O) groups is 1. The van der Waals surface area contributed by atoms with Crippen molar-refractivity contribution < 1.29 is 19.2 Å². The molecule has 240 valence electrons. The monoisotopic (exact) mass is 616 g/mol. The molecule has 2 saturated heterocycles. The van der Waals surface area contributed by atoms with Crippen molar-refractivity contribution in [1.29, 1.82) is 0 Å². The number of hydrogen-bond donors (Lipinski definition) is 1. The van der Waals surface area contributed by atoms with Crippen molar-refractivity contribution in [3.05, 3.63) is 81.9 Å². The molecule has 1 amide bonds. The largest absolute Gasteiger partial charge is 0.490 e. The summed E-state index contributed by atoms with van der Waals surface area (Å²) in [6.07, 6.45) is 6.69. The highest BCUT2D eigenvalue weighted by Crippen LogP contribution is 2.45. The quantitative estimate of drug-likeness (QED) is 0.198. The minimum absolute atomic E-state index is 0.0610. The Bertz CT molecular complexity index is 1470. The highest BCUT2D eigenvalue weighted by Gasteiger charge is 2.44. The number of hydrogen-bond acceptors (Lipinski definition) is 8. The maximum absolute atomic E-state index is 12.7. The molecule has 1 aromatic heterocycles.